The first kappa shape index (κ1) is 11.2. The van der Waals surface area contributed by atoms with Crippen molar-refractivity contribution in [2.75, 3.05) is 0 Å². The number of hydrogen-bond donors (Lipinski definition) is 0. The first-order valence-corrected chi connectivity index (χ1v) is 5.16. The Balaban J connectivity index is 2.69. The second-order valence-corrected chi connectivity index (χ2v) is 3.79. The van der Waals surface area contributed by atoms with Gasteiger partial charge in [0.15, 0.2) is 0 Å². The minimum atomic E-state index is 0.0543. The second kappa shape index (κ2) is 5.09. The Morgan fingerprint density at radius 2 is 2.36 bits per heavy atom. The SMILES string of the molecule is [B]=CC1=CC(C)C(C(=O)CCC)C=C1. The van der Waals surface area contributed by atoms with Crippen LogP contribution >= 0.6 is 0 Å². The Labute approximate surface area is 87.0 Å². The molecule has 0 heterocycles. The van der Waals surface area contributed by atoms with Crippen molar-refractivity contribution < 1.29 is 4.79 Å². The molecule has 14 heavy (non-hydrogen) atoms. The number of hydrogen-bond acceptors (Lipinski definition) is 1. The summed E-state index contributed by atoms with van der Waals surface area (Å²) < 4.78 is 0. The molecule has 0 amide bonds. The fraction of sp³-hybridized carbons (Fsp3) is 0.500. The van der Waals surface area contributed by atoms with Crippen LogP contribution in [0.2, 0.25) is 0 Å². The van der Waals surface area contributed by atoms with E-state index >= 15 is 0 Å². The van der Waals surface area contributed by atoms with Crippen molar-refractivity contribution in [3.63, 3.8) is 0 Å². The third-order valence-corrected chi connectivity index (χ3v) is 2.58. The van der Waals surface area contributed by atoms with Crippen LogP contribution in [0.3, 0.4) is 0 Å². The predicted octanol–water partition coefficient (Wildman–Crippen LogP) is 2.07. The number of ketones is 1. The van der Waals surface area contributed by atoms with E-state index in [4.69, 9.17) is 7.49 Å². The summed E-state index contributed by atoms with van der Waals surface area (Å²) >= 11 is 0. The van der Waals surface area contributed by atoms with Gasteiger partial charge in [0.05, 0.1) is 0 Å². The van der Waals surface area contributed by atoms with Gasteiger partial charge in [-0.3, -0.25) is 0 Å². The number of allylic oxidation sites excluding steroid dienone is 4. The average molecular weight is 187 g/mol. The number of Topliss-reactive ketones (excluding diaryl/α,β-unsaturated/α-hetero) is 1. The van der Waals surface area contributed by atoms with Crippen LogP contribution in [0.25, 0.3) is 0 Å². The van der Waals surface area contributed by atoms with E-state index in [-0.39, 0.29) is 11.8 Å². The van der Waals surface area contributed by atoms with E-state index in [0.717, 1.165) is 12.0 Å². The first-order chi connectivity index (χ1) is 6.69. The van der Waals surface area contributed by atoms with Gasteiger partial charge < -0.3 is 0 Å². The Kier molecular flexibility index (Phi) is 4.06. The molecule has 1 radical (unpaired) electrons. The van der Waals surface area contributed by atoms with Gasteiger partial charge in [0, 0.05) is 0 Å². The summed E-state index contributed by atoms with van der Waals surface area (Å²) in [6.07, 6.45) is 7.56. The van der Waals surface area contributed by atoms with Crippen molar-refractivity contribution in [1.82, 2.24) is 0 Å². The molecule has 0 spiro atoms. The molecule has 0 saturated carbocycles. The van der Waals surface area contributed by atoms with Crippen LogP contribution in [0.4, 0.5) is 0 Å². The van der Waals surface area contributed by atoms with Crippen LogP contribution in [0, 0.1) is 11.8 Å². The van der Waals surface area contributed by atoms with Gasteiger partial charge in [0.2, 0.25) is 0 Å². The van der Waals surface area contributed by atoms with Crippen LogP contribution < -0.4 is 0 Å². The van der Waals surface area contributed by atoms with Crippen LogP contribution in [-0.4, -0.2) is 19.2 Å². The molecule has 2 heteroatoms. The molecule has 1 aliphatic rings. The minimum absolute atomic E-state index is 0.0543. The van der Waals surface area contributed by atoms with Gasteiger partial charge in [0.25, 0.3) is 0 Å². The quantitative estimate of drug-likeness (QED) is 0.615. The number of rotatable bonds is 4. The summed E-state index contributed by atoms with van der Waals surface area (Å²) in [6.45, 7) is 4.09. The van der Waals surface area contributed by atoms with Gasteiger partial charge in [-0.1, -0.05) is 0 Å². The zero-order chi connectivity index (χ0) is 10.6. The van der Waals surface area contributed by atoms with E-state index < -0.39 is 0 Å². The fourth-order valence-corrected chi connectivity index (χ4v) is 1.78. The molecule has 2 unspecified atom stereocenters. The molecule has 0 aliphatic heterocycles. The number of carbonyl (C=O) groups is 1. The summed E-state index contributed by atoms with van der Waals surface area (Å²) in [6, 6.07) is 0. The van der Waals surface area contributed by atoms with Gasteiger partial charge in [-0.2, -0.15) is 0 Å². The van der Waals surface area contributed by atoms with Crippen molar-refractivity contribution in [3.8, 4) is 0 Å². The van der Waals surface area contributed by atoms with Crippen LogP contribution in [0.1, 0.15) is 26.7 Å². The van der Waals surface area contributed by atoms with Gasteiger partial charge in [-0.25, -0.2) is 0 Å². The van der Waals surface area contributed by atoms with E-state index in [2.05, 4.69) is 13.0 Å². The summed E-state index contributed by atoms with van der Waals surface area (Å²) in [4.78, 5) is 11.7. The molecule has 1 nitrogen and oxygen atoms in total. The molecule has 0 aromatic rings. The Bertz CT molecular complexity index is 289. The molecule has 0 fully saturated rings. The maximum absolute atomic E-state index is 11.7. The molecule has 1 aliphatic carbocycles. The molecule has 0 bridgehead atoms. The molecule has 2 atom stereocenters. The molecular formula is C12H16BO. The first-order valence-electron chi connectivity index (χ1n) is 5.16. The molecule has 0 aromatic carbocycles. The van der Waals surface area contributed by atoms with E-state index in [9.17, 15) is 4.79 Å². The van der Waals surface area contributed by atoms with Crippen molar-refractivity contribution in [2.45, 2.75) is 26.7 Å². The summed E-state index contributed by atoms with van der Waals surface area (Å²) in [5.74, 6) is 2.24. The average Bonchev–Trinajstić information content (AvgIpc) is 2.17. The normalized spacial score (nSPS) is 25.6. The van der Waals surface area contributed by atoms with Gasteiger partial charge in [-0.05, 0) is 0 Å². The predicted molar refractivity (Wildman–Crippen MR) is 61.6 cm³/mol. The van der Waals surface area contributed by atoms with Crippen molar-refractivity contribution in [3.05, 3.63) is 23.8 Å². The van der Waals surface area contributed by atoms with E-state index in [1.165, 1.54) is 0 Å². The Morgan fingerprint density at radius 3 is 2.86 bits per heavy atom. The maximum atomic E-state index is 11.7. The topological polar surface area (TPSA) is 17.1 Å². The monoisotopic (exact) mass is 187 g/mol. The fourth-order valence-electron chi connectivity index (χ4n) is 1.78. The molecule has 0 N–H and O–H groups in total. The molecule has 0 aromatic heterocycles. The Hall–Kier alpha value is -0.915. The zero-order valence-corrected chi connectivity index (χ0v) is 8.86. The molecule has 0 saturated heterocycles. The van der Waals surface area contributed by atoms with Crippen molar-refractivity contribution in [1.29, 1.82) is 0 Å². The van der Waals surface area contributed by atoms with E-state index in [1.807, 2.05) is 19.1 Å². The summed E-state index contributed by atoms with van der Waals surface area (Å²) in [5.41, 5.74) is 1.01. The number of carbonyl (C=O) groups excluding carboxylic acids is 1. The Morgan fingerprint density at radius 1 is 1.64 bits per heavy atom. The van der Waals surface area contributed by atoms with Gasteiger partial charge in [-0.15, -0.1) is 0 Å². The van der Waals surface area contributed by atoms with Crippen molar-refractivity contribution >= 4 is 19.2 Å². The van der Waals surface area contributed by atoms with Crippen LogP contribution in [-0.2, 0) is 4.79 Å². The van der Waals surface area contributed by atoms with Crippen LogP contribution in [0.15, 0.2) is 23.8 Å². The van der Waals surface area contributed by atoms with E-state index in [1.54, 1.807) is 5.97 Å². The summed E-state index contributed by atoms with van der Waals surface area (Å²) in [7, 11) is 5.42. The molecular weight excluding hydrogens is 171 g/mol. The summed E-state index contributed by atoms with van der Waals surface area (Å²) in [5, 5.41) is 0. The van der Waals surface area contributed by atoms with E-state index in [0.29, 0.717) is 12.2 Å². The zero-order valence-electron chi connectivity index (χ0n) is 8.86. The van der Waals surface area contributed by atoms with Crippen LogP contribution in [0.5, 0.6) is 0 Å². The van der Waals surface area contributed by atoms with Gasteiger partial charge in [0.1, 0.15) is 0 Å². The van der Waals surface area contributed by atoms with Crippen molar-refractivity contribution in [2.24, 2.45) is 11.8 Å². The molecule has 1 rings (SSSR count). The standard InChI is InChI=1S/C12H16BO/c1-3-4-12(14)11-6-5-10(8-13)7-9(11)2/h5-9,11H,3-4H2,1-2H3. The third kappa shape index (κ3) is 2.54. The third-order valence-electron chi connectivity index (χ3n) is 2.58. The second-order valence-electron chi connectivity index (χ2n) is 3.79. The molecule has 73 valence electrons. The van der Waals surface area contributed by atoms with Gasteiger partial charge >= 0.3 is 86.4 Å².